The van der Waals surface area contributed by atoms with Gasteiger partial charge in [0.25, 0.3) is 0 Å². The van der Waals surface area contributed by atoms with E-state index in [-0.39, 0.29) is 22.8 Å². The van der Waals surface area contributed by atoms with Crippen LogP contribution in [-0.4, -0.2) is 28.2 Å². The summed E-state index contributed by atoms with van der Waals surface area (Å²) in [5.41, 5.74) is 0.663. The van der Waals surface area contributed by atoms with Gasteiger partial charge in [0.15, 0.2) is 4.77 Å². The fraction of sp³-hybridized carbons (Fsp3) is 0.154. The van der Waals surface area contributed by atoms with Crippen LogP contribution in [0.15, 0.2) is 24.4 Å². The lowest BCUT2D eigenvalue weighted by Crippen LogP contribution is -2.06. The number of H-pyrrole nitrogens is 1. The molecule has 2 aromatic rings. The molecule has 0 bridgehead atoms. The van der Waals surface area contributed by atoms with Gasteiger partial charge in [0, 0.05) is 0 Å². The summed E-state index contributed by atoms with van der Waals surface area (Å²) in [6, 6.07) is 5.14. The first-order valence-corrected chi connectivity index (χ1v) is 6.57. The zero-order valence-electron chi connectivity index (χ0n) is 10.9. The van der Waals surface area contributed by atoms with Crippen molar-refractivity contribution >= 4 is 29.8 Å². The summed E-state index contributed by atoms with van der Waals surface area (Å²) >= 11 is 10.9. The Morgan fingerprint density at radius 3 is 2.90 bits per heavy atom. The third kappa shape index (κ3) is 3.71. The van der Waals surface area contributed by atoms with Crippen molar-refractivity contribution in [2.45, 2.75) is 6.61 Å². The van der Waals surface area contributed by atoms with Crippen molar-refractivity contribution in [3.05, 3.63) is 45.3 Å². The van der Waals surface area contributed by atoms with Gasteiger partial charge in [0.05, 0.1) is 18.3 Å². The summed E-state index contributed by atoms with van der Waals surface area (Å²) in [7, 11) is 1.52. The number of methoxy groups -OCH3 is 1. The van der Waals surface area contributed by atoms with Crippen LogP contribution in [0.4, 0.5) is 0 Å². The van der Waals surface area contributed by atoms with Crippen LogP contribution in [0.3, 0.4) is 0 Å². The van der Waals surface area contributed by atoms with Crippen LogP contribution in [0.5, 0.6) is 11.6 Å². The Kier molecular flexibility index (Phi) is 4.77. The summed E-state index contributed by atoms with van der Waals surface area (Å²) in [5, 5.41) is 9.50. The topological polar surface area (TPSA) is 84.4 Å². The van der Waals surface area contributed by atoms with Crippen LogP contribution in [0, 0.1) is 4.77 Å². The molecule has 1 heterocycles. The molecule has 2 rings (SSSR count). The number of aromatic carboxylic acids is 1. The first-order valence-electron chi connectivity index (χ1n) is 5.79. The number of nitrogens with zero attached hydrogens (tertiary/aromatic N) is 1. The first-order chi connectivity index (χ1) is 10.0. The van der Waals surface area contributed by atoms with Crippen molar-refractivity contribution in [3.63, 3.8) is 0 Å². The van der Waals surface area contributed by atoms with Gasteiger partial charge < -0.3 is 19.6 Å². The van der Waals surface area contributed by atoms with Crippen LogP contribution in [0.2, 0.25) is 5.02 Å². The molecule has 0 spiro atoms. The normalized spacial score (nSPS) is 10.2. The van der Waals surface area contributed by atoms with Crippen molar-refractivity contribution in [3.8, 4) is 11.6 Å². The van der Waals surface area contributed by atoms with Crippen LogP contribution in [-0.2, 0) is 6.61 Å². The van der Waals surface area contributed by atoms with E-state index < -0.39 is 5.97 Å². The monoisotopic (exact) mass is 326 g/mol. The molecule has 110 valence electrons. The molecule has 0 radical (unpaired) electrons. The highest BCUT2D eigenvalue weighted by molar-refractivity contribution is 7.71. The quantitative estimate of drug-likeness (QED) is 0.821. The number of hydrogen-bond acceptors (Lipinski definition) is 5. The molecule has 0 aliphatic carbocycles. The average Bonchev–Trinajstić information content (AvgIpc) is 2.45. The smallest absolute Gasteiger partial charge is 0.342 e. The molecule has 8 heteroatoms. The third-order valence-corrected chi connectivity index (χ3v) is 3.11. The minimum Gasteiger partial charge on any atom is -0.495 e. The average molecular weight is 327 g/mol. The maximum Gasteiger partial charge on any atom is 0.342 e. The summed E-state index contributed by atoms with van der Waals surface area (Å²) in [5.74, 6) is -0.555. The highest BCUT2D eigenvalue weighted by Gasteiger charge is 2.13. The molecule has 0 atom stereocenters. The van der Waals surface area contributed by atoms with Crippen molar-refractivity contribution < 1.29 is 19.4 Å². The Morgan fingerprint density at radius 2 is 2.29 bits per heavy atom. The summed E-state index contributed by atoms with van der Waals surface area (Å²) in [4.78, 5) is 17.4. The molecule has 0 aliphatic rings. The van der Waals surface area contributed by atoms with Gasteiger partial charge in [-0.2, -0.15) is 0 Å². The number of rotatable bonds is 5. The molecule has 0 fully saturated rings. The van der Waals surface area contributed by atoms with Gasteiger partial charge >= 0.3 is 5.97 Å². The second-order valence-corrected chi connectivity index (χ2v) is 4.79. The minimum atomic E-state index is -1.16. The molecule has 0 unspecified atom stereocenters. The molecular formula is C13H11ClN2O4S. The van der Waals surface area contributed by atoms with Crippen LogP contribution >= 0.6 is 23.8 Å². The molecule has 0 aliphatic heterocycles. The largest absolute Gasteiger partial charge is 0.495 e. The van der Waals surface area contributed by atoms with Gasteiger partial charge in [-0.1, -0.05) is 17.7 Å². The number of carboxylic acids is 1. The van der Waals surface area contributed by atoms with E-state index in [1.807, 2.05) is 0 Å². The van der Waals surface area contributed by atoms with Crippen molar-refractivity contribution in [2.24, 2.45) is 0 Å². The van der Waals surface area contributed by atoms with E-state index in [0.29, 0.717) is 10.8 Å². The standard InChI is InChI=1S/C13H11ClN2O4S/c1-19-10-3-2-7(4-9(10)14)6-20-11-8(12(17)18)5-15-13(21)16-11/h2-5H,6H2,1H3,(H,17,18)(H,15,16,21). The molecule has 6 nitrogen and oxygen atoms in total. The predicted molar refractivity (Wildman–Crippen MR) is 78.7 cm³/mol. The van der Waals surface area contributed by atoms with E-state index >= 15 is 0 Å². The van der Waals surface area contributed by atoms with Gasteiger partial charge in [-0.25, -0.2) is 9.78 Å². The molecule has 2 N–H and O–H groups in total. The number of aromatic nitrogens is 2. The number of ether oxygens (including phenoxy) is 2. The highest BCUT2D eigenvalue weighted by atomic mass is 35.5. The Morgan fingerprint density at radius 1 is 1.52 bits per heavy atom. The highest BCUT2D eigenvalue weighted by Crippen LogP contribution is 2.25. The SMILES string of the molecule is COc1ccc(COc2[nH]c(=S)ncc2C(=O)O)cc1Cl. The number of benzene rings is 1. The maximum atomic E-state index is 11.1. The fourth-order valence-corrected chi connectivity index (χ4v) is 2.03. The van der Waals surface area contributed by atoms with Crippen LogP contribution in [0.1, 0.15) is 15.9 Å². The van der Waals surface area contributed by atoms with E-state index in [1.54, 1.807) is 18.2 Å². The van der Waals surface area contributed by atoms with E-state index in [4.69, 9.17) is 38.4 Å². The zero-order valence-corrected chi connectivity index (χ0v) is 12.5. The van der Waals surface area contributed by atoms with Crippen LogP contribution < -0.4 is 9.47 Å². The molecule has 0 amide bonds. The van der Waals surface area contributed by atoms with E-state index in [2.05, 4.69) is 9.97 Å². The van der Waals surface area contributed by atoms with Crippen molar-refractivity contribution in [1.29, 1.82) is 0 Å². The summed E-state index contributed by atoms with van der Waals surface area (Å²) in [6.45, 7) is 0.124. The lowest BCUT2D eigenvalue weighted by Gasteiger charge is -2.10. The van der Waals surface area contributed by atoms with Gasteiger partial charge in [-0.3, -0.25) is 0 Å². The second-order valence-electron chi connectivity index (χ2n) is 3.99. The summed E-state index contributed by atoms with van der Waals surface area (Å²) in [6.07, 6.45) is 1.15. The number of carboxylic acid groups (broad SMARTS) is 1. The van der Waals surface area contributed by atoms with E-state index in [9.17, 15) is 4.79 Å². The Hall–Kier alpha value is -2.12. The first kappa shape index (κ1) is 15.3. The van der Waals surface area contributed by atoms with Gasteiger partial charge in [-0.15, -0.1) is 0 Å². The molecule has 1 aromatic carbocycles. The van der Waals surface area contributed by atoms with Crippen molar-refractivity contribution in [2.75, 3.05) is 7.11 Å². The molecule has 1 aromatic heterocycles. The lowest BCUT2D eigenvalue weighted by molar-refractivity contribution is 0.0690. The molecular weight excluding hydrogens is 316 g/mol. The zero-order chi connectivity index (χ0) is 15.4. The minimum absolute atomic E-state index is 0.0504. The second kappa shape index (κ2) is 6.55. The van der Waals surface area contributed by atoms with Crippen LogP contribution in [0.25, 0.3) is 0 Å². The Labute approximate surface area is 130 Å². The van der Waals surface area contributed by atoms with Gasteiger partial charge in [-0.05, 0) is 29.9 Å². The fourth-order valence-electron chi connectivity index (χ4n) is 1.60. The third-order valence-electron chi connectivity index (χ3n) is 2.61. The Balaban J connectivity index is 2.20. The Bertz CT molecular complexity index is 732. The number of nitrogens with one attached hydrogen (secondary N) is 1. The predicted octanol–water partition coefficient (Wildman–Crippen LogP) is 3.08. The summed E-state index contributed by atoms with van der Waals surface area (Å²) < 4.78 is 10.6. The number of hydrogen-bond donors (Lipinski definition) is 2. The molecule has 21 heavy (non-hydrogen) atoms. The number of carbonyl (C=O) groups is 1. The maximum absolute atomic E-state index is 11.1. The molecule has 0 saturated heterocycles. The van der Waals surface area contributed by atoms with E-state index in [1.165, 1.54) is 7.11 Å². The number of aromatic amines is 1. The van der Waals surface area contributed by atoms with E-state index in [0.717, 1.165) is 11.8 Å². The number of halogens is 1. The lowest BCUT2D eigenvalue weighted by atomic mass is 10.2. The van der Waals surface area contributed by atoms with Crippen molar-refractivity contribution in [1.82, 2.24) is 9.97 Å². The molecule has 0 saturated carbocycles. The van der Waals surface area contributed by atoms with Gasteiger partial charge in [0.1, 0.15) is 17.9 Å². The van der Waals surface area contributed by atoms with Gasteiger partial charge in [0.2, 0.25) is 5.88 Å².